The summed E-state index contributed by atoms with van der Waals surface area (Å²) in [6.07, 6.45) is 5.40. The quantitative estimate of drug-likeness (QED) is 0.875. The fourth-order valence-electron chi connectivity index (χ4n) is 2.41. The predicted octanol–water partition coefficient (Wildman–Crippen LogP) is 2.78. The molecular formula is C17H10F2N2O3. The second-order valence-corrected chi connectivity index (χ2v) is 5.09. The van der Waals surface area contributed by atoms with E-state index < -0.39 is 28.9 Å². The molecule has 120 valence electrons. The van der Waals surface area contributed by atoms with Crippen LogP contribution in [0.5, 0.6) is 0 Å². The van der Waals surface area contributed by atoms with Crippen LogP contribution in [0.1, 0.15) is 26.4 Å². The summed E-state index contributed by atoms with van der Waals surface area (Å²) in [5.41, 5.74) is -1.84. The Labute approximate surface area is 135 Å². The molecule has 1 unspecified atom stereocenters. The van der Waals surface area contributed by atoms with Crippen LogP contribution in [-0.4, -0.2) is 28.1 Å². The SMILES string of the molecule is O=C(O)c1ccc(C2(C(=O)c3ccc(F)cc3F)C=CC=N2)nc1. The van der Waals surface area contributed by atoms with Crippen molar-refractivity contribution >= 4 is 18.0 Å². The Hall–Kier alpha value is -3.22. The van der Waals surface area contributed by atoms with Crippen molar-refractivity contribution in [1.29, 1.82) is 0 Å². The Kier molecular flexibility index (Phi) is 3.76. The van der Waals surface area contributed by atoms with Gasteiger partial charge in [0, 0.05) is 18.5 Å². The van der Waals surface area contributed by atoms with E-state index in [1.165, 1.54) is 30.5 Å². The van der Waals surface area contributed by atoms with Crippen LogP contribution in [0.4, 0.5) is 8.78 Å². The molecule has 3 rings (SSSR count). The molecule has 0 bridgehead atoms. The number of Topliss-reactive ketones (excluding diaryl/α,β-unsaturated/α-hetero) is 1. The number of halogens is 2. The topological polar surface area (TPSA) is 79.6 Å². The van der Waals surface area contributed by atoms with E-state index in [0.29, 0.717) is 6.07 Å². The smallest absolute Gasteiger partial charge is 0.337 e. The molecule has 0 aliphatic carbocycles. The molecule has 5 nitrogen and oxygen atoms in total. The molecule has 1 aliphatic heterocycles. The van der Waals surface area contributed by atoms with E-state index in [9.17, 15) is 18.4 Å². The van der Waals surface area contributed by atoms with E-state index in [0.717, 1.165) is 18.3 Å². The van der Waals surface area contributed by atoms with Gasteiger partial charge in [-0.05, 0) is 36.4 Å². The van der Waals surface area contributed by atoms with Gasteiger partial charge in [-0.3, -0.25) is 14.8 Å². The maximum atomic E-state index is 14.0. The predicted molar refractivity (Wildman–Crippen MR) is 81.2 cm³/mol. The minimum atomic E-state index is -1.60. The highest BCUT2D eigenvalue weighted by molar-refractivity contribution is 6.07. The number of nitrogens with zero attached hydrogens (tertiary/aromatic N) is 2. The van der Waals surface area contributed by atoms with Gasteiger partial charge < -0.3 is 5.11 Å². The third-order valence-electron chi connectivity index (χ3n) is 3.62. The number of carboxylic acids is 1. The number of carboxylic acid groups (broad SMARTS) is 1. The minimum absolute atomic E-state index is 0.0553. The summed E-state index contributed by atoms with van der Waals surface area (Å²) >= 11 is 0. The number of hydrogen-bond acceptors (Lipinski definition) is 4. The molecule has 1 aromatic heterocycles. The van der Waals surface area contributed by atoms with Crippen molar-refractivity contribution in [2.24, 2.45) is 4.99 Å². The lowest BCUT2D eigenvalue weighted by Crippen LogP contribution is -2.32. The number of pyridine rings is 1. The lowest BCUT2D eigenvalue weighted by molar-refractivity contribution is 0.0696. The summed E-state index contributed by atoms with van der Waals surface area (Å²) in [4.78, 5) is 31.8. The first-order chi connectivity index (χ1) is 11.4. The first-order valence-corrected chi connectivity index (χ1v) is 6.87. The van der Waals surface area contributed by atoms with Gasteiger partial charge in [0.25, 0.3) is 0 Å². The van der Waals surface area contributed by atoms with E-state index in [1.54, 1.807) is 0 Å². The van der Waals surface area contributed by atoms with Crippen molar-refractivity contribution in [3.63, 3.8) is 0 Å². The molecule has 0 saturated carbocycles. The van der Waals surface area contributed by atoms with Crippen LogP contribution in [0.3, 0.4) is 0 Å². The highest BCUT2D eigenvalue weighted by Gasteiger charge is 2.41. The minimum Gasteiger partial charge on any atom is -0.478 e. The number of aromatic carboxylic acids is 1. The van der Waals surface area contributed by atoms with Gasteiger partial charge in [-0.15, -0.1) is 0 Å². The average molecular weight is 328 g/mol. The number of aromatic nitrogens is 1. The summed E-state index contributed by atoms with van der Waals surface area (Å²) in [6.45, 7) is 0. The average Bonchev–Trinajstić information content (AvgIpc) is 3.05. The summed E-state index contributed by atoms with van der Waals surface area (Å²) in [7, 11) is 0. The Morgan fingerprint density at radius 1 is 1.12 bits per heavy atom. The molecule has 24 heavy (non-hydrogen) atoms. The molecule has 2 aromatic rings. The molecule has 1 aromatic carbocycles. The van der Waals surface area contributed by atoms with Crippen LogP contribution in [0.25, 0.3) is 0 Å². The van der Waals surface area contributed by atoms with Crippen molar-refractivity contribution in [1.82, 2.24) is 4.98 Å². The van der Waals surface area contributed by atoms with Gasteiger partial charge in [0.1, 0.15) is 11.6 Å². The lowest BCUT2D eigenvalue weighted by atomic mass is 9.86. The molecule has 0 fully saturated rings. The Bertz CT molecular complexity index is 877. The summed E-state index contributed by atoms with van der Waals surface area (Å²) in [5.74, 6) is -3.69. The van der Waals surface area contributed by atoms with Crippen molar-refractivity contribution in [2.45, 2.75) is 5.54 Å². The number of carbonyl (C=O) groups is 2. The highest BCUT2D eigenvalue weighted by atomic mass is 19.1. The summed E-state index contributed by atoms with van der Waals surface area (Å²) < 4.78 is 27.0. The zero-order chi connectivity index (χ0) is 17.3. The normalized spacial score (nSPS) is 18.8. The lowest BCUT2D eigenvalue weighted by Gasteiger charge is -2.22. The molecule has 2 heterocycles. The molecule has 1 aliphatic rings. The second-order valence-electron chi connectivity index (χ2n) is 5.09. The third kappa shape index (κ3) is 2.50. The van der Waals surface area contributed by atoms with Gasteiger partial charge in [0.2, 0.25) is 5.78 Å². The van der Waals surface area contributed by atoms with Gasteiger partial charge in [-0.2, -0.15) is 0 Å². The standard InChI is InChI=1S/C17H10F2N2O3/c18-11-3-4-12(13(19)8-11)15(22)17(6-1-7-21-17)14-5-2-10(9-20-14)16(23)24/h1-9H,(H,23,24). The highest BCUT2D eigenvalue weighted by Crippen LogP contribution is 2.33. The largest absolute Gasteiger partial charge is 0.478 e. The van der Waals surface area contributed by atoms with Crippen molar-refractivity contribution in [3.8, 4) is 0 Å². The van der Waals surface area contributed by atoms with E-state index in [-0.39, 0.29) is 16.8 Å². The fraction of sp³-hybridized carbons (Fsp3) is 0.0588. The van der Waals surface area contributed by atoms with Gasteiger partial charge in [0.15, 0.2) is 5.54 Å². The van der Waals surface area contributed by atoms with E-state index in [4.69, 9.17) is 5.11 Å². The third-order valence-corrected chi connectivity index (χ3v) is 3.62. The second kappa shape index (κ2) is 5.77. The first kappa shape index (κ1) is 15.7. The maximum absolute atomic E-state index is 14.0. The van der Waals surface area contributed by atoms with Gasteiger partial charge in [-0.25, -0.2) is 13.6 Å². The number of rotatable bonds is 4. The Balaban J connectivity index is 2.09. The molecule has 1 atom stereocenters. The van der Waals surface area contributed by atoms with Crippen LogP contribution in [0.2, 0.25) is 0 Å². The van der Waals surface area contributed by atoms with Crippen LogP contribution in [0.15, 0.2) is 53.7 Å². The monoisotopic (exact) mass is 328 g/mol. The van der Waals surface area contributed by atoms with E-state index in [2.05, 4.69) is 9.98 Å². The van der Waals surface area contributed by atoms with Gasteiger partial charge >= 0.3 is 5.97 Å². The number of ketones is 1. The van der Waals surface area contributed by atoms with Gasteiger partial charge in [0.05, 0.1) is 16.8 Å². The summed E-state index contributed by atoms with van der Waals surface area (Å²) in [6, 6.07) is 5.26. The zero-order valence-electron chi connectivity index (χ0n) is 12.1. The van der Waals surface area contributed by atoms with Crippen molar-refractivity contribution < 1.29 is 23.5 Å². The molecule has 0 amide bonds. The number of allylic oxidation sites excluding steroid dienone is 1. The molecule has 0 spiro atoms. The molecule has 7 heteroatoms. The number of carbonyl (C=O) groups excluding carboxylic acids is 1. The van der Waals surface area contributed by atoms with Crippen LogP contribution >= 0.6 is 0 Å². The van der Waals surface area contributed by atoms with Gasteiger partial charge in [-0.1, -0.05) is 0 Å². The van der Waals surface area contributed by atoms with Crippen LogP contribution < -0.4 is 0 Å². The fourth-order valence-corrected chi connectivity index (χ4v) is 2.41. The van der Waals surface area contributed by atoms with Crippen LogP contribution in [-0.2, 0) is 5.54 Å². The van der Waals surface area contributed by atoms with E-state index >= 15 is 0 Å². The van der Waals surface area contributed by atoms with Crippen LogP contribution in [0, 0.1) is 11.6 Å². The Morgan fingerprint density at radius 3 is 2.46 bits per heavy atom. The van der Waals surface area contributed by atoms with Crippen molar-refractivity contribution in [3.05, 3.63) is 77.1 Å². The number of aliphatic imine (C=N–C) groups is 1. The first-order valence-electron chi connectivity index (χ1n) is 6.87. The molecule has 0 saturated heterocycles. The summed E-state index contributed by atoms with van der Waals surface area (Å²) in [5, 5.41) is 8.92. The van der Waals surface area contributed by atoms with Crippen molar-refractivity contribution in [2.75, 3.05) is 0 Å². The maximum Gasteiger partial charge on any atom is 0.337 e. The molecular weight excluding hydrogens is 318 g/mol. The van der Waals surface area contributed by atoms with E-state index in [1.807, 2.05) is 0 Å². The zero-order valence-corrected chi connectivity index (χ0v) is 12.1. The Morgan fingerprint density at radius 2 is 1.92 bits per heavy atom. The molecule has 1 N–H and O–H groups in total. The number of hydrogen-bond donors (Lipinski definition) is 1. The molecule has 0 radical (unpaired) electrons. The number of benzene rings is 1.